The third-order valence-electron chi connectivity index (χ3n) is 2.38. The van der Waals surface area contributed by atoms with Crippen LogP contribution in [0.3, 0.4) is 0 Å². The summed E-state index contributed by atoms with van der Waals surface area (Å²) < 4.78 is 1.56. The summed E-state index contributed by atoms with van der Waals surface area (Å²) in [5, 5.41) is 7.60. The predicted molar refractivity (Wildman–Crippen MR) is 65.4 cm³/mol. The maximum absolute atomic E-state index is 11.5. The topological polar surface area (TPSA) is 46.9 Å². The molecule has 0 saturated carbocycles. The fourth-order valence-corrected chi connectivity index (χ4v) is 1.45. The molecule has 0 aliphatic carbocycles. The zero-order chi connectivity index (χ0) is 11.8. The highest BCUT2D eigenvalue weighted by molar-refractivity contribution is 4.99. The van der Waals surface area contributed by atoms with E-state index in [0.29, 0.717) is 0 Å². The molecule has 1 rings (SSSR count). The highest BCUT2D eigenvalue weighted by atomic mass is 16.1. The van der Waals surface area contributed by atoms with Crippen molar-refractivity contribution >= 4 is 0 Å². The first kappa shape index (κ1) is 12.9. The molecule has 1 aromatic rings. The molecule has 0 aliphatic heterocycles. The van der Waals surface area contributed by atoms with Gasteiger partial charge < -0.3 is 5.32 Å². The second kappa shape index (κ2) is 7.17. The number of aryl methyl sites for hydroxylation is 1. The van der Waals surface area contributed by atoms with Gasteiger partial charge in [0.25, 0.3) is 5.56 Å². The van der Waals surface area contributed by atoms with E-state index in [9.17, 15) is 4.79 Å². The fourth-order valence-electron chi connectivity index (χ4n) is 1.45. The first-order chi connectivity index (χ1) is 7.77. The van der Waals surface area contributed by atoms with Crippen LogP contribution in [-0.4, -0.2) is 16.3 Å². The van der Waals surface area contributed by atoms with Gasteiger partial charge in [-0.15, -0.1) is 0 Å². The Bertz CT molecular complexity index is 360. The van der Waals surface area contributed by atoms with Gasteiger partial charge >= 0.3 is 0 Å². The summed E-state index contributed by atoms with van der Waals surface area (Å²) in [6.07, 6.45) is 3.18. The molecule has 0 saturated heterocycles. The van der Waals surface area contributed by atoms with E-state index < -0.39 is 0 Å². The molecule has 1 heterocycles. The van der Waals surface area contributed by atoms with Crippen molar-refractivity contribution < 1.29 is 0 Å². The Labute approximate surface area is 96.7 Å². The predicted octanol–water partition coefficient (Wildman–Crippen LogP) is 1.54. The Kier molecular flexibility index (Phi) is 5.78. The van der Waals surface area contributed by atoms with Gasteiger partial charge in [-0.1, -0.05) is 20.3 Å². The molecule has 0 bridgehead atoms. The van der Waals surface area contributed by atoms with Gasteiger partial charge in [0, 0.05) is 19.2 Å². The first-order valence-electron chi connectivity index (χ1n) is 6.05. The number of aromatic nitrogens is 2. The number of nitrogens with one attached hydrogen (secondary N) is 1. The average Bonchev–Trinajstić information content (AvgIpc) is 2.30. The van der Waals surface area contributed by atoms with Crippen molar-refractivity contribution in [1.82, 2.24) is 15.1 Å². The van der Waals surface area contributed by atoms with E-state index in [0.717, 1.165) is 44.6 Å². The third kappa shape index (κ3) is 4.14. The SMILES string of the molecule is CCCCn1nc(CNCCC)ccc1=O. The number of rotatable bonds is 7. The van der Waals surface area contributed by atoms with Crippen LogP contribution in [-0.2, 0) is 13.1 Å². The second-order valence-corrected chi connectivity index (χ2v) is 3.92. The molecule has 16 heavy (non-hydrogen) atoms. The molecule has 0 atom stereocenters. The maximum atomic E-state index is 11.5. The van der Waals surface area contributed by atoms with E-state index in [1.165, 1.54) is 0 Å². The monoisotopic (exact) mass is 223 g/mol. The van der Waals surface area contributed by atoms with Crippen molar-refractivity contribution in [1.29, 1.82) is 0 Å². The van der Waals surface area contributed by atoms with Crippen LogP contribution in [0.25, 0.3) is 0 Å². The number of nitrogens with zero attached hydrogens (tertiary/aromatic N) is 2. The molecule has 4 heteroatoms. The minimum absolute atomic E-state index is 0.00677. The van der Waals surface area contributed by atoms with Crippen LogP contribution >= 0.6 is 0 Å². The van der Waals surface area contributed by atoms with E-state index in [-0.39, 0.29) is 5.56 Å². The standard InChI is InChI=1S/C12H21N3O/c1-3-5-9-15-12(16)7-6-11(14-15)10-13-8-4-2/h6-7,13H,3-5,8-10H2,1-2H3. The van der Waals surface area contributed by atoms with Crippen LogP contribution in [0.2, 0.25) is 0 Å². The third-order valence-corrected chi connectivity index (χ3v) is 2.38. The molecular weight excluding hydrogens is 202 g/mol. The van der Waals surface area contributed by atoms with Crippen molar-refractivity contribution in [2.24, 2.45) is 0 Å². The first-order valence-corrected chi connectivity index (χ1v) is 6.05. The summed E-state index contributed by atoms with van der Waals surface area (Å²) in [7, 11) is 0. The second-order valence-electron chi connectivity index (χ2n) is 3.92. The van der Waals surface area contributed by atoms with Crippen LogP contribution in [0.1, 0.15) is 38.8 Å². The van der Waals surface area contributed by atoms with Crippen molar-refractivity contribution in [3.05, 3.63) is 28.2 Å². The minimum Gasteiger partial charge on any atom is -0.311 e. The number of hydrogen-bond donors (Lipinski definition) is 1. The van der Waals surface area contributed by atoms with E-state index in [1.54, 1.807) is 16.8 Å². The van der Waals surface area contributed by atoms with Crippen LogP contribution in [0, 0.1) is 0 Å². The van der Waals surface area contributed by atoms with Gasteiger partial charge in [0.1, 0.15) is 0 Å². The Morgan fingerprint density at radius 3 is 2.81 bits per heavy atom. The van der Waals surface area contributed by atoms with E-state index in [1.807, 2.05) is 0 Å². The summed E-state index contributed by atoms with van der Waals surface area (Å²) in [5.41, 5.74) is 0.928. The zero-order valence-corrected chi connectivity index (χ0v) is 10.2. The van der Waals surface area contributed by atoms with Gasteiger partial charge in [-0.05, 0) is 25.5 Å². The molecule has 0 amide bonds. The highest BCUT2D eigenvalue weighted by Gasteiger charge is 1.99. The van der Waals surface area contributed by atoms with Crippen LogP contribution in [0.5, 0.6) is 0 Å². The average molecular weight is 223 g/mol. The number of unbranched alkanes of at least 4 members (excludes halogenated alkanes) is 1. The molecule has 1 aromatic heterocycles. The maximum Gasteiger partial charge on any atom is 0.266 e. The molecule has 90 valence electrons. The molecule has 0 unspecified atom stereocenters. The largest absolute Gasteiger partial charge is 0.311 e. The van der Waals surface area contributed by atoms with Crippen molar-refractivity contribution in [3.8, 4) is 0 Å². The Morgan fingerprint density at radius 2 is 2.12 bits per heavy atom. The van der Waals surface area contributed by atoms with Gasteiger partial charge in [-0.3, -0.25) is 4.79 Å². The van der Waals surface area contributed by atoms with Gasteiger partial charge in [-0.2, -0.15) is 5.10 Å². The molecular formula is C12H21N3O. The Hall–Kier alpha value is -1.16. The molecule has 0 spiro atoms. The Morgan fingerprint density at radius 1 is 1.31 bits per heavy atom. The highest BCUT2D eigenvalue weighted by Crippen LogP contribution is 1.93. The lowest BCUT2D eigenvalue weighted by Gasteiger charge is -2.06. The van der Waals surface area contributed by atoms with Crippen molar-refractivity contribution in [2.45, 2.75) is 46.2 Å². The van der Waals surface area contributed by atoms with Gasteiger partial charge in [0.15, 0.2) is 0 Å². The van der Waals surface area contributed by atoms with Crippen LogP contribution in [0.4, 0.5) is 0 Å². The van der Waals surface area contributed by atoms with Crippen LogP contribution < -0.4 is 10.9 Å². The fraction of sp³-hybridized carbons (Fsp3) is 0.667. The summed E-state index contributed by atoms with van der Waals surface area (Å²) >= 11 is 0. The normalized spacial score (nSPS) is 10.6. The van der Waals surface area contributed by atoms with Gasteiger partial charge in [0.05, 0.1) is 5.69 Å². The summed E-state index contributed by atoms with van der Waals surface area (Å²) in [6.45, 7) is 6.67. The molecule has 0 aromatic carbocycles. The molecule has 0 fully saturated rings. The van der Waals surface area contributed by atoms with Gasteiger partial charge in [0.2, 0.25) is 0 Å². The number of hydrogen-bond acceptors (Lipinski definition) is 3. The summed E-state index contributed by atoms with van der Waals surface area (Å²) in [4.78, 5) is 11.5. The van der Waals surface area contributed by atoms with Gasteiger partial charge in [-0.25, -0.2) is 4.68 Å². The Balaban J connectivity index is 2.62. The molecule has 1 N–H and O–H groups in total. The van der Waals surface area contributed by atoms with Crippen molar-refractivity contribution in [2.75, 3.05) is 6.54 Å². The summed E-state index contributed by atoms with van der Waals surface area (Å²) in [6, 6.07) is 3.40. The molecule has 4 nitrogen and oxygen atoms in total. The zero-order valence-electron chi connectivity index (χ0n) is 10.2. The lowest BCUT2D eigenvalue weighted by molar-refractivity contribution is 0.524. The quantitative estimate of drug-likeness (QED) is 0.713. The van der Waals surface area contributed by atoms with E-state index >= 15 is 0 Å². The smallest absolute Gasteiger partial charge is 0.266 e. The summed E-state index contributed by atoms with van der Waals surface area (Å²) in [5.74, 6) is 0. The lowest BCUT2D eigenvalue weighted by Crippen LogP contribution is -2.25. The molecule has 0 aliphatic rings. The van der Waals surface area contributed by atoms with Crippen LogP contribution in [0.15, 0.2) is 16.9 Å². The van der Waals surface area contributed by atoms with Crippen molar-refractivity contribution in [3.63, 3.8) is 0 Å². The molecule has 0 radical (unpaired) electrons. The lowest BCUT2D eigenvalue weighted by atomic mass is 10.3. The minimum atomic E-state index is -0.00677. The van der Waals surface area contributed by atoms with E-state index in [4.69, 9.17) is 0 Å². The van der Waals surface area contributed by atoms with E-state index in [2.05, 4.69) is 24.3 Å².